The van der Waals surface area contributed by atoms with Crippen LogP contribution in [0.25, 0.3) is 184 Å². The van der Waals surface area contributed by atoms with E-state index in [9.17, 15) is 0 Å². The number of thiophene rings is 2. The molecular formula is C122H84N4S2. The molecule has 0 N–H and O–H groups in total. The van der Waals surface area contributed by atoms with Gasteiger partial charge >= 0.3 is 0 Å². The fraction of sp³-hybridized carbons (Fsp3) is 0.0492. The number of hydrogen-bond donors (Lipinski definition) is 0. The molecule has 4 aromatic heterocycles. The largest absolute Gasteiger partial charge is 0.310 e. The molecule has 20 aromatic carbocycles. The Morgan fingerprint density at radius 3 is 1.06 bits per heavy atom. The normalized spacial score (nSPS) is 13.0. The lowest BCUT2D eigenvalue weighted by Gasteiger charge is -2.28. The van der Waals surface area contributed by atoms with Crippen LogP contribution >= 0.6 is 22.7 Å². The molecule has 0 amide bonds. The molecule has 0 radical (unpaired) electrons. The van der Waals surface area contributed by atoms with Gasteiger partial charge < -0.3 is 18.9 Å². The standard InChI is InChI=1S/2C61H42N2S/c1-61(2)55-20-9-6-15-49(55)50-33-32-47(38-56(50)61)62(45-29-25-39(26-30-45)48-18-12-19-53-52-17-8-11-22-59(52)64-60(48)53)46-31-27-41-35-40(23-24-42(41)36-46)43-28-34-58-54(37-43)51-16-7-10-21-57(51)63(58)44-13-4-3-5-14-44;1-61(2)55-17-9-6-14-49(55)50-31-30-48(38-56(50)61)62(46-27-22-39(23-28-46)43-26-33-60-54(37-43)52-16-8-11-19-59(52)64-60)47-29-24-41-34-40(20-21-42(41)35-47)44-25-32-58-53(36-44)51-15-7-10-18-57(51)63(58)45-12-4-3-5-13-45/h2*3-38H,1-2H3. The van der Waals surface area contributed by atoms with Crippen molar-refractivity contribution in [2.75, 3.05) is 9.80 Å². The molecule has 0 saturated carbocycles. The first-order valence-corrected chi connectivity index (χ1v) is 45.9. The maximum atomic E-state index is 2.44. The lowest BCUT2D eigenvalue weighted by Crippen LogP contribution is -2.16. The van der Waals surface area contributed by atoms with E-state index in [0.717, 1.165) is 34.1 Å². The Balaban J connectivity index is 0.000000139. The molecule has 0 spiro atoms. The van der Waals surface area contributed by atoms with Crippen molar-refractivity contribution >= 4 is 162 Å². The second kappa shape index (κ2) is 29.6. The van der Waals surface area contributed by atoms with Gasteiger partial charge in [0.1, 0.15) is 0 Å². The van der Waals surface area contributed by atoms with Gasteiger partial charge in [-0.3, -0.25) is 0 Å². The van der Waals surface area contributed by atoms with Gasteiger partial charge in [-0.2, -0.15) is 0 Å². The van der Waals surface area contributed by atoms with Gasteiger partial charge in [0.2, 0.25) is 0 Å². The Labute approximate surface area is 751 Å². The topological polar surface area (TPSA) is 16.3 Å². The number of nitrogens with zero attached hydrogens (tertiary/aromatic N) is 4. The first-order valence-electron chi connectivity index (χ1n) is 44.3. The van der Waals surface area contributed by atoms with Gasteiger partial charge in [-0.25, -0.2) is 0 Å². The third-order valence-corrected chi connectivity index (χ3v) is 29.9. The fourth-order valence-electron chi connectivity index (χ4n) is 21.1. The predicted molar refractivity (Wildman–Crippen MR) is 549 cm³/mol. The average molecular weight is 1670 g/mol. The van der Waals surface area contributed by atoms with Crippen LogP contribution in [0.15, 0.2) is 437 Å². The van der Waals surface area contributed by atoms with E-state index < -0.39 is 0 Å². The third-order valence-electron chi connectivity index (χ3n) is 27.5. The molecule has 0 unspecified atom stereocenters. The summed E-state index contributed by atoms with van der Waals surface area (Å²) in [6.45, 7) is 9.45. The second-order valence-corrected chi connectivity index (χ2v) is 37.6. The van der Waals surface area contributed by atoms with Crippen molar-refractivity contribution in [3.63, 3.8) is 0 Å². The van der Waals surface area contributed by atoms with Crippen LogP contribution in [0, 0.1) is 0 Å². The van der Waals surface area contributed by atoms with E-state index in [4.69, 9.17) is 0 Å². The molecule has 6 heteroatoms. The summed E-state index contributed by atoms with van der Waals surface area (Å²) in [5.74, 6) is 0. The molecule has 128 heavy (non-hydrogen) atoms. The van der Waals surface area contributed by atoms with E-state index in [2.05, 4.69) is 483 Å². The molecule has 0 atom stereocenters. The highest BCUT2D eigenvalue weighted by atomic mass is 32.1. The Hall–Kier alpha value is -15.4. The smallest absolute Gasteiger partial charge is 0.0541 e. The van der Waals surface area contributed by atoms with Gasteiger partial charge in [0.05, 0.1) is 22.1 Å². The lowest BCUT2D eigenvalue weighted by molar-refractivity contribution is 0.660. The van der Waals surface area contributed by atoms with Crippen LogP contribution in [0.4, 0.5) is 34.1 Å². The maximum absolute atomic E-state index is 2.44. The highest BCUT2D eigenvalue weighted by Crippen LogP contribution is 2.54. The monoisotopic (exact) mass is 1670 g/mol. The summed E-state index contributed by atoms with van der Waals surface area (Å²) >= 11 is 3.75. The van der Waals surface area contributed by atoms with Crippen LogP contribution in [0.1, 0.15) is 49.9 Å². The van der Waals surface area contributed by atoms with E-state index in [1.807, 2.05) is 22.7 Å². The fourth-order valence-corrected chi connectivity index (χ4v) is 23.5. The van der Waals surface area contributed by atoms with E-state index >= 15 is 0 Å². The molecule has 0 aliphatic heterocycles. The van der Waals surface area contributed by atoms with Crippen molar-refractivity contribution in [2.45, 2.75) is 38.5 Å². The number of hydrogen-bond acceptors (Lipinski definition) is 4. The maximum Gasteiger partial charge on any atom is 0.0541 e. The molecule has 2 aliphatic carbocycles. The Morgan fingerprint density at radius 2 is 0.531 bits per heavy atom. The Bertz CT molecular complexity index is 8630. The number of para-hydroxylation sites is 4. The SMILES string of the molecule is CC1(C)c2ccccc2-c2ccc(N(c3ccc(-c4ccc5sc6ccccc6c5c4)cc3)c3ccc4cc(-c5ccc6c(c5)c5ccccc5n6-c5ccccc5)ccc4c3)cc21.CC1(C)c2ccccc2-c2ccc(N(c3ccc(-c4cccc5c4sc4ccccc45)cc3)c3ccc4cc(-c5ccc6c(c5)c5ccccc5n6-c5ccccc5)ccc4c3)cc21. The van der Waals surface area contributed by atoms with Crippen LogP contribution in [0.5, 0.6) is 0 Å². The number of rotatable bonds is 12. The first kappa shape index (κ1) is 75.1. The molecule has 24 aromatic rings. The van der Waals surface area contributed by atoms with Crippen molar-refractivity contribution in [3.05, 3.63) is 459 Å². The zero-order chi connectivity index (χ0) is 85.0. The summed E-state index contributed by atoms with van der Waals surface area (Å²) < 4.78 is 10.1. The molecule has 0 bridgehead atoms. The zero-order valence-electron chi connectivity index (χ0n) is 71.2. The molecular weight excluding hydrogens is 1590 g/mol. The number of fused-ring (bicyclic) bond motifs is 20. The van der Waals surface area contributed by atoms with Gasteiger partial charge in [-0.1, -0.05) is 295 Å². The van der Waals surface area contributed by atoms with Gasteiger partial charge in [0.15, 0.2) is 0 Å². The van der Waals surface area contributed by atoms with E-state index in [1.54, 1.807) is 0 Å². The molecule has 0 saturated heterocycles. The minimum atomic E-state index is -0.111. The number of benzene rings is 20. The molecule has 0 fully saturated rings. The highest BCUT2D eigenvalue weighted by molar-refractivity contribution is 7.26. The van der Waals surface area contributed by atoms with Gasteiger partial charge in [0.25, 0.3) is 0 Å². The van der Waals surface area contributed by atoms with E-state index in [1.165, 1.54) is 206 Å². The average Bonchev–Trinajstić information content (AvgIpc) is 1.59. The Morgan fingerprint density at radius 1 is 0.195 bits per heavy atom. The van der Waals surface area contributed by atoms with Gasteiger partial charge in [0, 0.05) is 118 Å². The summed E-state index contributed by atoms with van der Waals surface area (Å²) in [7, 11) is 0. The molecule has 604 valence electrons. The van der Waals surface area contributed by atoms with Crippen LogP contribution in [-0.2, 0) is 10.8 Å². The van der Waals surface area contributed by atoms with E-state index in [-0.39, 0.29) is 10.8 Å². The van der Waals surface area contributed by atoms with Gasteiger partial charge in [-0.15, -0.1) is 22.7 Å². The quantitative estimate of drug-likeness (QED) is 0.121. The van der Waals surface area contributed by atoms with Crippen LogP contribution in [0.3, 0.4) is 0 Å². The summed E-state index contributed by atoms with van der Waals surface area (Å²) in [5.41, 5.74) is 34.4. The van der Waals surface area contributed by atoms with Crippen LogP contribution in [-0.4, -0.2) is 9.13 Å². The first-order chi connectivity index (χ1) is 62.9. The molecule has 4 heterocycles. The summed E-state index contributed by atoms with van der Waals surface area (Å²) in [5, 5.41) is 15.2. The molecule has 26 rings (SSSR count). The third kappa shape index (κ3) is 12.2. The summed E-state index contributed by atoms with van der Waals surface area (Å²) in [4.78, 5) is 4.87. The molecule has 2 aliphatic rings. The molecule has 4 nitrogen and oxygen atoms in total. The van der Waals surface area contributed by atoms with Crippen molar-refractivity contribution in [2.24, 2.45) is 0 Å². The predicted octanol–water partition coefficient (Wildman–Crippen LogP) is 34.8. The highest BCUT2D eigenvalue weighted by Gasteiger charge is 2.38. The summed E-state index contributed by atoms with van der Waals surface area (Å²) in [6, 6.07) is 162. The summed E-state index contributed by atoms with van der Waals surface area (Å²) in [6.07, 6.45) is 0. The minimum absolute atomic E-state index is 0.110. The van der Waals surface area contributed by atoms with E-state index in [0.29, 0.717) is 0 Å². The van der Waals surface area contributed by atoms with Crippen LogP contribution in [0.2, 0.25) is 0 Å². The number of anilines is 6. The minimum Gasteiger partial charge on any atom is -0.310 e. The Kier molecular flexibility index (Phi) is 17.4. The number of aromatic nitrogens is 2. The van der Waals surface area contributed by atoms with Gasteiger partial charge in [-0.05, 0) is 280 Å². The van der Waals surface area contributed by atoms with Crippen molar-refractivity contribution in [1.29, 1.82) is 0 Å². The zero-order valence-corrected chi connectivity index (χ0v) is 72.8. The van der Waals surface area contributed by atoms with Crippen molar-refractivity contribution < 1.29 is 0 Å². The van der Waals surface area contributed by atoms with Crippen LogP contribution < -0.4 is 9.80 Å². The van der Waals surface area contributed by atoms with Crippen molar-refractivity contribution in [3.8, 4) is 78.1 Å². The lowest BCUT2D eigenvalue weighted by atomic mass is 9.82. The second-order valence-electron chi connectivity index (χ2n) is 35.5. The van der Waals surface area contributed by atoms with Crippen molar-refractivity contribution in [1.82, 2.24) is 9.13 Å².